The highest BCUT2D eigenvalue weighted by Gasteiger charge is 2.20. The molecular formula is C14H16O8. The van der Waals surface area contributed by atoms with E-state index in [0.717, 1.165) is 12.2 Å². The standard InChI is InChI=1S/C14H16O8/c1-3-11(15)21-7-5-9(13(17)18)10(14(19)20)6-8-22-12(16)4-2/h3-4H,1-2,5-8H2,(H,17,18)(H,19,20)/b10-9-. The molecule has 0 heterocycles. The van der Waals surface area contributed by atoms with E-state index in [-0.39, 0.29) is 26.1 Å². The van der Waals surface area contributed by atoms with Crippen LogP contribution in [0.1, 0.15) is 12.8 Å². The van der Waals surface area contributed by atoms with E-state index >= 15 is 0 Å². The molecule has 0 saturated carbocycles. The lowest BCUT2D eigenvalue weighted by Gasteiger charge is -2.09. The van der Waals surface area contributed by atoms with Crippen LogP contribution in [0.5, 0.6) is 0 Å². The Morgan fingerprint density at radius 1 is 0.773 bits per heavy atom. The van der Waals surface area contributed by atoms with Crippen LogP contribution in [0.2, 0.25) is 0 Å². The Morgan fingerprint density at radius 3 is 1.32 bits per heavy atom. The molecule has 0 aliphatic rings. The van der Waals surface area contributed by atoms with Crippen LogP contribution in [-0.2, 0) is 28.7 Å². The molecule has 0 spiro atoms. The highest BCUT2D eigenvalue weighted by atomic mass is 16.5. The summed E-state index contributed by atoms with van der Waals surface area (Å²) in [6.45, 7) is 5.72. The minimum atomic E-state index is -1.46. The van der Waals surface area contributed by atoms with Crippen molar-refractivity contribution in [3.05, 3.63) is 36.5 Å². The Hall–Kier alpha value is -2.90. The average Bonchev–Trinajstić information content (AvgIpc) is 2.47. The fourth-order valence-corrected chi connectivity index (χ4v) is 1.40. The number of rotatable bonds is 10. The second kappa shape index (κ2) is 9.92. The summed E-state index contributed by atoms with van der Waals surface area (Å²) in [6, 6.07) is 0. The fraction of sp³-hybridized carbons (Fsp3) is 0.286. The zero-order valence-corrected chi connectivity index (χ0v) is 11.7. The molecule has 0 bridgehead atoms. The molecule has 0 aromatic rings. The van der Waals surface area contributed by atoms with Crippen molar-refractivity contribution in [2.45, 2.75) is 12.8 Å². The summed E-state index contributed by atoms with van der Waals surface area (Å²) in [5, 5.41) is 18.1. The number of esters is 2. The maximum absolute atomic E-state index is 11.1. The highest BCUT2D eigenvalue weighted by molar-refractivity contribution is 5.98. The second-order valence-corrected chi connectivity index (χ2v) is 3.81. The van der Waals surface area contributed by atoms with Crippen molar-refractivity contribution >= 4 is 23.9 Å². The molecule has 0 rings (SSSR count). The molecule has 0 fully saturated rings. The van der Waals surface area contributed by atoms with Gasteiger partial charge in [0.05, 0.1) is 24.4 Å². The molecule has 22 heavy (non-hydrogen) atoms. The predicted molar refractivity (Wildman–Crippen MR) is 73.8 cm³/mol. The first-order valence-electron chi connectivity index (χ1n) is 6.10. The van der Waals surface area contributed by atoms with Crippen LogP contribution >= 0.6 is 0 Å². The number of carboxylic acids is 2. The number of hydrogen-bond donors (Lipinski definition) is 2. The lowest BCUT2D eigenvalue weighted by atomic mass is 10.0. The van der Waals surface area contributed by atoms with Gasteiger partial charge in [-0.3, -0.25) is 0 Å². The maximum Gasteiger partial charge on any atom is 0.332 e. The third kappa shape index (κ3) is 7.04. The van der Waals surface area contributed by atoms with Crippen LogP contribution in [0.15, 0.2) is 36.5 Å². The van der Waals surface area contributed by atoms with Gasteiger partial charge in [0, 0.05) is 25.0 Å². The van der Waals surface area contributed by atoms with E-state index < -0.39 is 35.0 Å². The van der Waals surface area contributed by atoms with Crippen molar-refractivity contribution in [3.8, 4) is 0 Å². The van der Waals surface area contributed by atoms with E-state index in [1.54, 1.807) is 0 Å². The molecule has 0 aromatic heterocycles. The van der Waals surface area contributed by atoms with E-state index in [9.17, 15) is 19.2 Å². The van der Waals surface area contributed by atoms with Gasteiger partial charge in [0.1, 0.15) is 0 Å². The third-order valence-electron chi connectivity index (χ3n) is 2.41. The van der Waals surface area contributed by atoms with Gasteiger partial charge < -0.3 is 19.7 Å². The van der Waals surface area contributed by atoms with Gasteiger partial charge in [0.15, 0.2) is 0 Å². The number of carbonyl (C=O) groups excluding carboxylic acids is 2. The first kappa shape index (κ1) is 19.1. The molecule has 0 aliphatic carbocycles. The SMILES string of the molecule is C=CC(=O)OCC/C(C(=O)O)=C(\CCOC(=O)C=C)C(=O)O. The first-order chi connectivity index (χ1) is 10.3. The largest absolute Gasteiger partial charge is 0.478 e. The Labute approximate surface area is 126 Å². The van der Waals surface area contributed by atoms with E-state index in [4.69, 9.17) is 10.2 Å². The smallest absolute Gasteiger partial charge is 0.332 e. The lowest BCUT2D eigenvalue weighted by Crippen LogP contribution is -2.16. The zero-order chi connectivity index (χ0) is 17.1. The van der Waals surface area contributed by atoms with Gasteiger partial charge in [-0.15, -0.1) is 0 Å². The highest BCUT2D eigenvalue weighted by Crippen LogP contribution is 2.14. The Kier molecular flexibility index (Phi) is 8.61. The second-order valence-electron chi connectivity index (χ2n) is 3.81. The van der Waals surface area contributed by atoms with Crippen LogP contribution < -0.4 is 0 Å². The molecule has 0 saturated heterocycles. The molecule has 0 aliphatic heterocycles. The minimum absolute atomic E-state index is 0.300. The number of aliphatic carboxylic acids is 2. The Morgan fingerprint density at radius 2 is 1.09 bits per heavy atom. The van der Waals surface area contributed by atoms with E-state index in [1.165, 1.54) is 0 Å². The fourth-order valence-electron chi connectivity index (χ4n) is 1.40. The molecule has 0 unspecified atom stereocenters. The van der Waals surface area contributed by atoms with Gasteiger partial charge >= 0.3 is 23.9 Å². The van der Waals surface area contributed by atoms with Crippen LogP contribution in [-0.4, -0.2) is 47.3 Å². The molecule has 8 nitrogen and oxygen atoms in total. The number of carbonyl (C=O) groups is 4. The molecule has 0 aromatic carbocycles. The molecule has 2 N–H and O–H groups in total. The normalized spacial score (nSPS) is 10.9. The van der Waals surface area contributed by atoms with Crippen molar-refractivity contribution in [2.24, 2.45) is 0 Å². The van der Waals surface area contributed by atoms with E-state index in [1.807, 2.05) is 0 Å². The lowest BCUT2D eigenvalue weighted by molar-refractivity contribution is -0.140. The first-order valence-corrected chi connectivity index (χ1v) is 6.10. The summed E-state index contributed by atoms with van der Waals surface area (Å²) >= 11 is 0. The molecular weight excluding hydrogens is 296 g/mol. The number of hydrogen-bond acceptors (Lipinski definition) is 6. The maximum atomic E-state index is 11.1. The van der Waals surface area contributed by atoms with Crippen molar-refractivity contribution in [2.75, 3.05) is 13.2 Å². The van der Waals surface area contributed by atoms with Crippen molar-refractivity contribution in [3.63, 3.8) is 0 Å². The summed E-state index contributed by atoms with van der Waals surface area (Å²) < 4.78 is 9.23. The van der Waals surface area contributed by atoms with Crippen molar-refractivity contribution < 1.29 is 38.9 Å². The van der Waals surface area contributed by atoms with Crippen LogP contribution in [0.3, 0.4) is 0 Å². The zero-order valence-electron chi connectivity index (χ0n) is 11.7. The predicted octanol–water partition coefficient (Wildman–Crippen LogP) is 0.691. The summed E-state index contributed by atoms with van der Waals surface area (Å²) in [4.78, 5) is 44.0. The van der Waals surface area contributed by atoms with E-state index in [0.29, 0.717) is 0 Å². The van der Waals surface area contributed by atoms with Gasteiger partial charge in [-0.25, -0.2) is 19.2 Å². The Bertz CT molecular complexity index is 469. The van der Waals surface area contributed by atoms with Crippen molar-refractivity contribution in [1.29, 1.82) is 0 Å². The molecule has 120 valence electrons. The molecule has 8 heteroatoms. The minimum Gasteiger partial charge on any atom is -0.478 e. The van der Waals surface area contributed by atoms with Crippen LogP contribution in [0.25, 0.3) is 0 Å². The number of ether oxygens (including phenoxy) is 2. The van der Waals surface area contributed by atoms with Gasteiger partial charge in [-0.2, -0.15) is 0 Å². The van der Waals surface area contributed by atoms with Crippen LogP contribution in [0, 0.1) is 0 Å². The topological polar surface area (TPSA) is 127 Å². The third-order valence-corrected chi connectivity index (χ3v) is 2.41. The summed E-state index contributed by atoms with van der Waals surface area (Å²) in [7, 11) is 0. The molecule has 0 radical (unpaired) electrons. The molecule has 0 amide bonds. The van der Waals surface area contributed by atoms with Gasteiger partial charge in [-0.1, -0.05) is 13.2 Å². The van der Waals surface area contributed by atoms with Gasteiger partial charge in [0.25, 0.3) is 0 Å². The van der Waals surface area contributed by atoms with Gasteiger partial charge in [-0.05, 0) is 0 Å². The van der Waals surface area contributed by atoms with Crippen molar-refractivity contribution in [1.82, 2.24) is 0 Å². The van der Waals surface area contributed by atoms with Gasteiger partial charge in [0.2, 0.25) is 0 Å². The number of carboxylic acid groups (broad SMARTS) is 2. The Balaban J connectivity index is 4.96. The monoisotopic (exact) mass is 312 g/mol. The van der Waals surface area contributed by atoms with Crippen LogP contribution in [0.4, 0.5) is 0 Å². The van der Waals surface area contributed by atoms with E-state index in [2.05, 4.69) is 22.6 Å². The average molecular weight is 312 g/mol. The summed E-state index contributed by atoms with van der Waals surface area (Å²) in [5.41, 5.74) is -0.863. The summed E-state index contributed by atoms with van der Waals surface area (Å²) in [5.74, 6) is -4.41. The quantitative estimate of drug-likeness (QED) is 0.445. The molecule has 0 atom stereocenters. The summed E-state index contributed by atoms with van der Waals surface area (Å²) in [6.07, 6.45) is 1.20.